The van der Waals surface area contributed by atoms with Crippen LogP contribution in [-0.4, -0.2) is 0 Å². The van der Waals surface area contributed by atoms with Crippen LogP contribution in [0.5, 0.6) is 0 Å². The van der Waals surface area contributed by atoms with Crippen molar-refractivity contribution < 1.29 is 0 Å². The molecule has 1 N–H and O–H groups in total. The van der Waals surface area contributed by atoms with Crippen molar-refractivity contribution in [1.82, 2.24) is 0 Å². The normalized spacial score (nSPS) is 9.40. The molecule has 0 amide bonds. The highest BCUT2D eigenvalue weighted by Crippen LogP contribution is 2.22. The standard InChI is InChI=1S/C7H7ClN2/c1-5-2-3-6(8)4-7(5)10-9/h2-4,9H,1H3. The molecule has 1 aromatic rings. The van der Waals surface area contributed by atoms with Gasteiger partial charge in [0.15, 0.2) is 0 Å². The van der Waals surface area contributed by atoms with Crippen molar-refractivity contribution in [3.05, 3.63) is 28.8 Å². The topological polar surface area (TPSA) is 36.2 Å². The third kappa shape index (κ3) is 1.33. The van der Waals surface area contributed by atoms with Crippen molar-refractivity contribution >= 4 is 17.3 Å². The molecular weight excluding hydrogens is 148 g/mol. The summed E-state index contributed by atoms with van der Waals surface area (Å²) in [7, 11) is 0. The van der Waals surface area contributed by atoms with Crippen LogP contribution >= 0.6 is 11.6 Å². The molecule has 0 aliphatic carbocycles. The molecule has 0 saturated carbocycles. The molecule has 0 aliphatic rings. The van der Waals surface area contributed by atoms with Crippen LogP contribution in [0, 0.1) is 12.5 Å². The van der Waals surface area contributed by atoms with E-state index in [0.717, 1.165) is 5.56 Å². The van der Waals surface area contributed by atoms with Gasteiger partial charge in [-0.05, 0) is 24.6 Å². The van der Waals surface area contributed by atoms with Gasteiger partial charge in [-0.3, -0.25) is 0 Å². The summed E-state index contributed by atoms with van der Waals surface area (Å²) in [6, 6.07) is 5.30. The lowest BCUT2D eigenvalue weighted by Crippen LogP contribution is -1.71. The molecule has 0 atom stereocenters. The summed E-state index contributed by atoms with van der Waals surface area (Å²) in [4.78, 5) is 0. The predicted molar refractivity (Wildman–Crippen MR) is 41.0 cm³/mol. The first-order valence-corrected chi connectivity index (χ1v) is 3.25. The van der Waals surface area contributed by atoms with Crippen molar-refractivity contribution in [3.8, 4) is 0 Å². The van der Waals surface area contributed by atoms with E-state index in [1.54, 1.807) is 12.1 Å². The lowest BCUT2D eigenvalue weighted by atomic mass is 10.2. The molecule has 0 aliphatic heterocycles. The maximum atomic E-state index is 6.75. The van der Waals surface area contributed by atoms with Crippen LogP contribution in [0.15, 0.2) is 23.3 Å². The lowest BCUT2D eigenvalue weighted by Gasteiger charge is -1.96. The van der Waals surface area contributed by atoms with Crippen LogP contribution in [0.3, 0.4) is 0 Å². The second kappa shape index (κ2) is 2.80. The molecule has 10 heavy (non-hydrogen) atoms. The number of nitrogens with one attached hydrogen (secondary N) is 1. The summed E-state index contributed by atoms with van der Waals surface area (Å²) >= 11 is 5.65. The highest BCUT2D eigenvalue weighted by Gasteiger charge is 1.95. The predicted octanol–water partition coefficient (Wildman–Crippen LogP) is 3.31. The molecule has 2 nitrogen and oxygen atoms in total. The Morgan fingerprint density at radius 3 is 2.70 bits per heavy atom. The number of nitrogens with zero attached hydrogens (tertiary/aromatic N) is 1. The summed E-state index contributed by atoms with van der Waals surface area (Å²) in [6.45, 7) is 1.89. The van der Waals surface area contributed by atoms with E-state index in [1.807, 2.05) is 13.0 Å². The lowest BCUT2D eigenvalue weighted by molar-refractivity contribution is 1.13. The number of halogens is 1. The van der Waals surface area contributed by atoms with Gasteiger partial charge in [-0.2, -0.15) is 5.11 Å². The largest absolute Gasteiger partial charge is 0.204 e. The summed E-state index contributed by atoms with van der Waals surface area (Å²) in [5.74, 6) is 0. The second-order valence-corrected chi connectivity index (χ2v) is 2.48. The van der Waals surface area contributed by atoms with Crippen molar-refractivity contribution in [3.63, 3.8) is 0 Å². The van der Waals surface area contributed by atoms with Gasteiger partial charge in [0.25, 0.3) is 0 Å². The van der Waals surface area contributed by atoms with Crippen molar-refractivity contribution in [2.75, 3.05) is 0 Å². The van der Waals surface area contributed by atoms with Gasteiger partial charge in [-0.15, -0.1) is 0 Å². The number of hydrogen-bond acceptors (Lipinski definition) is 2. The molecule has 0 heterocycles. The van der Waals surface area contributed by atoms with Crippen LogP contribution in [0.4, 0.5) is 5.69 Å². The number of benzene rings is 1. The molecule has 1 aromatic carbocycles. The third-order valence-corrected chi connectivity index (χ3v) is 1.53. The fraction of sp³-hybridized carbons (Fsp3) is 0.143. The minimum Gasteiger partial charge on any atom is -0.204 e. The fourth-order valence-electron chi connectivity index (χ4n) is 0.703. The Balaban J connectivity index is 3.21. The molecule has 3 heteroatoms. The van der Waals surface area contributed by atoms with E-state index in [4.69, 9.17) is 17.1 Å². The highest BCUT2D eigenvalue weighted by molar-refractivity contribution is 6.30. The van der Waals surface area contributed by atoms with E-state index in [9.17, 15) is 0 Å². The Morgan fingerprint density at radius 2 is 2.20 bits per heavy atom. The molecule has 0 radical (unpaired) electrons. The molecule has 0 bridgehead atoms. The second-order valence-electron chi connectivity index (χ2n) is 2.04. The summed E-state index contributed by atoms with van der Waals surface area (Å²) in [5, 5.41) is 3.92. The molecule has 0 fully saturated rings. The van der Waals surface area contributed by atoms with Crippen LogP contribution < -0.4 is 0 Å². The molecule has 0 spiro atoms. The van der Waals surface area contributed by atoms with E-state index in [2.05, 4.69) is 5.11 Å². The minimum atomic E-state index is 0.622. The van der Waals surface area contributed by atoms with E-state index in [0.29, 0.717) is 10.7 Å². The van der Waals surface area contributed by atoms with E-state index in [1.165, 1.54) is 0 Å². The van der Waals surface area contributed by atoms with Crippen LogP contribution in [-0.2, 0) is 0 Å². The molecule has 1 rings (SSSR count). The van der Waals surface area contributed by atoms with Crippen molar-refractivity contribution in [2.45, 2.75) is 6.92 Å². The smallest absolute Gasteiger partial charge is 0.0893 e. The maximum Gasteiger partial charge on any atom is 0.0893 e. The van der Waals surface area contributed by atoms with Gasteiger partial charge < -0.3 is 0 Å². The molecule has 0 aromatic heterocycles. The average Bonchev–Trinajstić information content (AvgIpc) is 1.94. The number of rotatable bonds is 1. The van der Waals surface area contributed by atoms with Gasteiger partial charge in [-0.1, -0.05) is 17.7 Å². The van der Waals surface area contributed by atoms with E-state index in [-0.39, 0.29) is 0 Å². The summed E-state index contributed by atoms with van der Waals surface area (Å²) in [6.07, 6.45) is 0. The Bertz CT molecular complexity index is 258. The highest BCUT2D eigenvalue weighted by atomic mass is 35.5. The Hall–Kier alpha value is -0.890. The van der Waals surface area contributed by atoms with Crippen LogP contribution in [0.2, 0.25) is 5.02 Å². The van der Waals surface area contributed by atoms with Crippen molar-refractivity contribution in [2.24, 2.45) is 5.11 Å². The van der Waals surface area contributed by atoms with Gasteiger partial charge in [0, 0.05) is 5.02 Å². The molecule has 0 saturated heterocycles. The zero-order valence-electron chi connectivity index (χ0n) is 5.56. The Kier molecular flexibility index (Phi) is 2.02. The number of aryl methyl sites for hydroxylation is 1. The first kappa shape index (κ1) is 7.22. The first-order valence-electron chi connectivity index (χ1n) is 2.87. The zero-order chi connectivity index (χ0) is 7.56. The molecule has 52 valence electrons. The van der Waals surface area contributed by atoms with Gasteiger partial charge in [0.1, 0.15) is 0 Å². The van der Waals surface area contributed by atoms with E-state index >= 15 is 0 Å². The van der Waals surface area contributed by atoms with Crippen molar-refractivity contribution in [1.29, 1.82) is 5.53 Å². The monoisotopic (exact) mass is 154 g/mol. The van der Waals surface area contributed by atoms with Crippen LogP contribution in [0.25, 0.3) is 0 Å². The summed E-state index contributed by atoms with van der Waals surface area (Å²) < 4.78 is 0. The average molecular weight is 155 g/mol. The Morgan fingerprint density at radius 1 is 1.50 bits per heavy atom. The molecular formula is C7H7ClN2. The van der Waals surface area contributed by atoms with Gasteiger partial charge >= 0.3 is 0 Å². The summed E-state index contributed by atoms with van der Waals surface area (Å²) in [5.41, 5.74) is 8.35. The van der Waals surface area contributed by atoms with Crippen LogP contribution in [0.1, 0.15) is 5.56 Å². The number of hydrogen-bond donors (Lipinski definition) is 1. The molecule has 0 unspecified atom stereocenters. The van der Waals surface area contributed by atoms with Gasteiger partial charge in [0.05, 0.1) is 5.69 Å². The maximum absolute atomic E-state index is 6.75. The minimum absolute atomic E-state index is 0.622. The quantitative estimate of drug-likeness (QED) is 0.603. The Labute approximate surface area is 64.3 Å². The van der Waals surface area contributed by atoms with Gasteiger partial charge in [0.2, 0.25) is 0 Å². The van der Waals surface area contributed by atoms with E-state index < -0.39 is 0 Å². The first-order chi connectivity index (χ1) is 4.74. The fourth-order valence-corrected chi connectivity index (χ4v) is 0.869. The zero-order valence-corrected chi connectivity index (χ0v) is 6.31. The third-order valence-electron chi connectivity index (χ3n) is 1.29. The van der Waals surface area contributed by atoms with Gasteiger partial charge in [-0.25, -0.2) is 5.53 Å². The SMILES string of the molecule is Cc1ccc(Cl)cc1N=N.